The van der Waals surface area contributed by atoms with Crippen LogP contribution in [0.15, 0.2) is 57.8 Å². The minimum absolute atomic E-state index is 0.0280. The van der Waals surface area contributed by atoms with E-state index in [4.69, 9.17) is 9.15 Å². The minimum atomic E-state index is -3.49. The first-order valence-corrected chi connectivity index (χ1v) is 18.1. The number of rotatable bonds is 10. The van der Waals surface area contributed by atoms with Gasteiger partial charge in [-0.3, -0.25) is 19.3 Å². The highest BCUT2D eigenvalue weighted by Crippen LogP contribution is 2.32. The van der Waals surface area contributed by atoms with Gasteiger partial charge in [-0.15, -0.1) is 0 Å². The Morgan fingerprint density at radius 1 is 1.00 bits per heavy atom. The van der Waals surface area contributed by atoms with Crippen LogP contribution in [0.5, 0.6) is 5.75 Å². The molecule has 2 N–H and O–H groups in total. The van der Waals surface area contributed by atoms with Gasteiger partial charge in [-0.1, -0.05) is 31.4 Å². The number of nitrogens with one attached hydrogen (secondary N) is 2. The van der Waals surface area contributed by atoms with Crippen molar-refractivity contribution in [3.8, 4) is 5.75 Å². The number of nitrogens with zero attached hydrogens (tertiary/aromatic N) is 2. The minimum Gasteiger partial charge on any atom is -0.492 e. The first-order valence-electron chi connectivity index (χ1n) is 16.2. The van der Waals surface area contributed by atoms with Crippen LogP contribution in [0.2, 0.25) is 0 Å². The second-order valence-corrected chi connectivity index (χ2v) is 14.7. The normalized spacial score (nSPS) is 20.5. The summed E-state index contributed by atoms with van der Waals surface area (Å²) in [7, 11) is -3.49. The van der Waals surface area contributed by atoms with E-state index in [0.717, 1.165) is 50.5 Å². The molecule has 46 heavy (non-hydrogen) atoms. The summed E-state index contributed by atoms with van der Waals surface area (Å²) in [6.45, 7) is 4.05. The van der Waals surface area contributed by atoms with Gasteiger partial charge in [-0.25, -0.2) is 8.42 Å². The summed E-state index contributed by atoms with van der Waals surface area (Å²) in [5.41, 5.74) is -0.141. The molecule has 1 unspecified atom stereocenters. The third kappa shape index (κ3) is 7.07. The number of piperidine rings is 1. The standard InChI is InChI=1S/C34H42N4O7S/c1-46(42,43)31-10-4-3-9-27(31)38-18-13-26(28(39)23-38)35-33(41)34(14-5-2-6-15-34)36-32(40)30-22-24-21-25(11-12-29(24)45-30)44-20-19-37-16-7-8-17-37/h3-4,9-12,21-22,26H,2,5-8,13-20,23H2,1H3,(H,35,41)(H,36,40). The molecule has 0 radical (unpaired) electrons. The van der Waals surface area contributed by atoms with Crippen LogP contribution in [0.25, 0.3) is 11.0 Å². The van der Waals surface area contributed by atoms with Gasteiger partial charge in [0.05, 0.1) is 23.2 Å². The lowest BCUT2D eigenvalue weighted by Crippen LogP contribution is -2.63. The quantitative estimate of drug-likeness (QED) is 0.336. The van der Waals surface area contributed by atoms with Crippen LogP contribution in [-0.4, -0.2) is 88.1 Å². The van der Waals surface area contributed by atoms with Crippen molar-refractivity contribution >= 4 is 44.1 Å². The number of ketones is 1. The number of para-hydroxylation sites is 1. The molecule has 1 atom stereocenters. The highest BCUT2D eigenvalue weighted by molar-refractivity contribution is 7.90. The van der Waals surface area contributed by atoms with Gasteiger partial charge in [-0.05, 0) is 81.6 Å². The highest BCUT2D eigenvalue weighted by atomic mass is 32.2. The second kappa shape index (κ2) is 13.4. The molecule has 1 aromatic heterocycles. The van der Waals surface area contributed by atoms with Gasteiger partial charge >= 0.3 is 0 Å². The van der Waals surface area contributed by atoms with Crippen molar-refractivity contribution in [2.24, 2.45) is 0 Å². The number of benzene rings is 2. The molecule has 2 aliphatic heterocycles. The first-order chi connectivity index (χ1) is 22.1. The Morgan fingerprint density at radius 3 is 2.50 bits per heavy atom. The number of fused-ring (bicyclic) bond motifs is 1. The van der Waals surface area contributed by atoms with Crippen LogP contribution in [-0.2, 0) is 19.4 Å². The van der Waals surface area contributed by atoms with Gasteiger partial charge in [0.2, 0.25) is 5.91 Å². The van der Waals surface area contributed by atoms with Crippen LogP contribution < -0.4 is 20.3 Å². The van der Waals surface area contributed by atoms with Crippen molar-refractivity contribution < 1.29 is 32.0 Å². The molecule has 2 saturated heterocycles. The largest absolute Gasteiger partial charge is 0.492 e. The second-order valence-electron chi connectivity index (χ2n) is 12.7. The van der Waals surface area contributed by atoms with Gasteiger partial charge in [0.15, 0.2) is 21.4 Å². The Hall–Kier alpha value is -3.90. The molecule has 11 nitrogen and oxygen atoms in total. The number of likely N-dealkylation sites (tertiary alicyclic amines) is 1. The molecule has 3 heterocycles. The molecule has 3 fully saturated rings. The highest BCUT2D eigenvalue weighted by Gasteiger charge is 2.43. The summed E-state index contributed by atoms with van der Waals surface area (Å²) in [6.07, 6.45) is 7.32. The molecule has 2 amide bonds. The number of hydrogen-bond acceptors (Lipinski definition) is 9. The lowest BCUT2D eigenvalue weighted by atomic mass is 9.80. The molecule has 6 rings (SSSR count). The van der Waals surface area contributed by atoms with E-state index in [1.165, 1.54) is 18.9 Å². The number of carbonyl (C=O) groups is 3. The summed E-state index contributed by atoms with van der Waals surface area (Å²) in [5, 5.41) is 6.65. The number of Topliss-reactive ketones (excluding diaryl/α,β-unsaturated/α-hetero) is 1. The van der Waals surface area contributed by atoms with Crippen molar-refractivity contribution in [2.45, 2.75) is 67.8 Å². The summed E-state index contributed by atoms with van der Waals surface area (Å²) >= 11 is 0. The van der Waals surface area contributed by atoms with E-state index in [1.54, 1.807) is 35.2 Å². The zero-order chi connectivity index (χ0) is 32.3. The van der Waals surface area contributed by atoms with Crippen molar-refractivity contribution in [3.05, 3.63) is 54.3 Å². The van der Waals surface area contributed by atoms with Crippen LogP contribution in [0, 0.1) is 0 Å². The number of carbonyl (C=O) groups excluding carboxylic acids is 3. The molecular formula is C34H42N4O7S. The molecule has 2 aromatic carbocycles. The van der Waals surface area contributed by atoms with Crippen LogP contribution >= 0.6 is 0 Å². The Bertz CT molecular complexity index is 1710. The number of anilines is 1. The lowest BCUT2D eigenvalue weighted by Gasteiger charge is -2.39. The summed E-state index contributed by atoms with van der Waals surface area (Å²) in [6, 6.07) is 13.0. The van der Waals surface area contributed by atoms with E-state index >= 15 is 0 Å². The molecule has 246 valence electrons. The van der Waals surface area contributed by atoms with Gasteiger partial charge in [0, 0.05) is 24.7 Å². The maximum Gasteiger partial charge on any atom is 0.287 e. The molecule has 1 saturated carbocycles. The maximum absolute atomic E-state index is 13.8. The van der Waals surface area contributed by atoms with Crippen molar-refractivity contribution in [2.75, 3.05) is 50.5 Å². The third-order valence-corrected chi connectivity index (χ3v) is 10.6. The van der Waals surface area contributed by atoms with E-state index in [-0.39, 0.29) is 28.9 Å². The SMILES string of the molecule is CS(=O)(=O)c1ccccc1N1CCC(NC(=O)C2(NC(=O)c3cc4cc(OCCN5CCCC5)ccc4o3)CCCCC2)C(=O)C1. The van der Waals surface area contributed by atoms with Crippen LogP contribution in [0.4, 0.5) is 5.69 Å². The Morgan fingerprint density at radius 2 is 1.76 bits per heavy atom. The topological polar surface area (TPSA) is 138 Å². The predicted octanol–water partition coefficient (Wildman–Crippen LogP) is 3.71. The molecular weight excluding hydrogens is 608 g/mol. The fourth-order valence-electron chi connectivity index (χ4n) is 6.87. The number of hydrogen-bond donors (Lipinski definition) is 2. The third-order valence-electron chi connectivity index (χ3n) is 9.41. The molecule has 1 aliphatic carbocycles. The predicted molar refractivity (Wildman–Crippen MR) is 174 cm³/mol. The Balaban J connectivity index is 1.10. The van der Waals surface area contributed by atoms with Gasteiger partial charge in [0.1, 0.15) is 23.5 Å². The smallest absolute Gasteiger partial charge is 0.287 e. The summed E-state index contributed by atoms with van der Waals surface area (Å²) in [4.78, 5) is 44.9. The first kappa shape index (κ1) is 32.1. The lowest BCUT2D eigenvalue weighted by molar-refractivity contribution is -0.133. The Labute approximate surface area is 269 Å². The zero-order valence-corrected chi connectivity index (χ0v) is 27.1. The summed E-state index contributed by atoms with van der Waals surface area (Å²) in [5.74, 6) is -0.262. The average Bonchev–Trinajstić information content (AvgIpc) is 3.72. The van der Waals surface area contributed by atoms with Crippen LogP contribution in [0.3, 0.4) is 0 Å². The average molecular weight is 651 g/mol. The molecule has 12 heteroatoms. The van der Waals surface area contributed by atoms with Crippen molar-refractivity contribution in [1.82, 2.24) is 15.5 Å². The number of amides is 2. The molecule has 0 spiro atoms. The van der Waals surface area contributed by atoms with Gasteiger partial charge < -0.3 is 24.7 Å². The molecule has 3 aromatic rings. The van der Waals surface area contributed by atoms with E-state index < -0.39 is 27.3 Å². The maximum atomic E-state index is 13.8. The van der Waals surface area contributed by atoms with Crippen molar-refractivity contribution in [3.63, 3.8) is 0 Å². The fourth-order valence-corrected chi connectivity index (χ4v) is 7.78. The van der Waals surface area contributed by atoms with Gasteiger partial charge in [-0.2, -0.15) is 0 Å². The van der Waals surface area contributed by atoms with E-state index in [0.29, 0.717) is 49.4 Å². The van der Waals surface area contributed by atoms with Gasteiger partial charge in [0.25, 0.3) is 5.91 Å². The molecule has 3 aliphatic rings. The van der Waals surface area contributed by atoms with E-state index in [1.807, 2.05) is 12.1 Å². The Kier molecular flexibility index (Phi) is 9.37. The zero-order valence-electron chi connectivity index (χ0n) is 26.3. The van der Waals surface area contributed by atoms with Crippen molar-refractivity contribution in [1.29, 1.82) is 0 Å². The number of ether oxygens (including phenoxy) is 1. The van der Waals surface area contributed by atoms with Crippen LogP contribution in [0.1, 0.15) is 61.9 Å². The fraction of sp³-hybridized carbons (Fsp3) is 0.500. The monoisotopic (exact) mass is 650 g/mol. The van der Waals surface area contributed by atoms with E-state index in [2.05, 4.69) is 15.5 Å². The van der Waals surface area contributed by atoms with E-state index in [9.17, 15) is 22.8 Å². The molecule has 0 bridgehead atoms. The summed E-state index contributed by atoms with van der Waals surface area (Å²) < 4.78 is 36.5. The number of furan rings is 1. The number of sulfone groups is 1.